The van der Waals surface area contributed by atoms with E-state index in [1.807, 2.05) is 26.0 Å². The molecule has 0 aliphatic rings. The molecule has 3 nitrogen and oxygen atoms in total. The second kappa shape index (κ2) is 6.74. The minimum atomic E-state index is -0.0824. The Labute approximate surface area is 102 Å². The van der Waals surface area contributed by atoms with Gasteiger partial charge in [-0.3, -0.25) is 4.79 Å². The molecule has 1 amide bonds. The highest BCUT2D eigenvalue weighted by Gasteiger charge is 2.06. The Hall–Kier alpha value is -1.77. The maximum atomic E-state index is 11.8. The fourth-order valence-corrected chi connectivity index (χ4v) is 1.37. The quantitative estimate of drug-likeness (QED) is 0.606. The van der Waals surface area contributed by atoms with Crippen LogP contribution in [0.2, 0.25) is 0 Å². The van der Waals surface area contributed by atoms with Gasteiger partial charge in [0.2, 0.25) is 0 Å². The molecule has 1 rings (SSSR count). The number of hydrogen-bond donors (Lipinski definition) is 1. The van der Waals surface area contributed by atoms with Gasteiger partial charge in [0, 0.05) is 12.1 Å². The summed E-state index contributed by atoms with van der Waals surface area (Å²) in [6, 6.07) is 7.19. The lowest BCUT2D eigenvalue weighted by atomic mass is 10.2. The molecular formula is C14H19NO2. The summed E-state index contributed by atoms with van der Waals surface area (Å²) >= 11 is 0. The topological polar surface area (TPSA) is 38.3 Å². The Balaban J connectivity index is 2.63. The molecule has 0 spiro atoms. The van der Waals surface area contributed by atoms with Crippen LogP contribution in [0.25, 0.3) is 0 Å². The minimum absolute atomic E-state index is 0.0824. The SMILES string of the molecule is C=CCCNC(=O)c1cccc(OC(C)C)c1. The molecule has 0 aromatic heterocycles. The first kappa shape index (κ1) is 13.3. The van der Waals surface area contributed by atoms with Crippen molar-refractivity contribution in [2.24, 2.45) is 0 Å². The van der Waals surface area contributed by atoms with Gasteiger partial charge in [-0.25, -0.2) is 0 Å². The number of amides is 1. The third kappa shape index (κ3) is 4.72. The van der Waals surface area contributed by atoms with E-state index in [4.69, 9.17) is 4.74 Å². The summed E-state index contributed by atoms with van der Waals surface area (Å²) in [5.74, 6) is 0.637. The lowest BCUT2D eigenvalue weighted by Gasteiger charge is -2.10. The number of carbonyl (C=O) groups excluding carboxylic acids is 1. The number of nitrogens with one attached hydrogen (secondary N) is 1. The Kier molecular flexibility index (Phi) is 5.27. The highest BCUT2D eigenvalue weighted by atomic mass is 16.5. The molecule has 0 atom stereocenters. The van der Waals surface area contributed by atoms with Gasteiger partial charge in [-0.15, -0.1) is 6.58 Å². The molecule has 0 aliphatic heterocycles. The molecule has 1 N–H and O–H groups in total. The van der Waals surface area contributed by atoms with E-state index < -0.39 is 0 Å². The van der Waals surface area contributed by atoms with Gasteiger partial charge in [0.05, 0.1) is 6.10 Å². The molecule has 17 heavy (non-hydrogen) atoms. The van der Waals surface area contributed by atoms with Crippen molar-refractivity contribution in [2.75, 3.05) is 6.54 Å². The van der Waals surface area contributed by atoms with Crippen molar-refractivity contribution in [1.82, 2.24) is 5.32 Å². The fourth-order valence-electron chi connectivity index (χ4n) is 1.37. The molecule has 0 saturated heterocycles. The summed E-state index contributed by atoms with van der Waals surface area (Å²) in [5, 5.41) is 2.81. The van der Waals surface area contributed by atoms with E-state index in [1.54, 1.807) is 18.2 Å². The summed E-state index contributed by atoms with van der Waals surface area (Å²) < 4.78 is 5.53. The van der Waals surface area contributed by atoms with E-state index >= 15 is 0 Å². The molecule has 1 aromatic carbocycles. The zero-order chi connectivity index (χ0) is 12.7. The highest BCUT2D eigenvalue weighted by Crippen LogP contribution is 2.14. The monoisotopic (exact) mass is 233 g/mol. The summed E-state index contributed by atoms with van der Waals surface area (Å²) in [4.78, 5) is 11.8. The molecule has 0 bridgehead atoms. The van der Waals surface area contributed by atoms with E-state index in [0.717, 1.165) is 12.2 Å². The summed E-state index contributed by atoms with van der Waals surface area (Å²) in [6.07, 6.45) is 2.65. The first-order chi connectivity index (χ1) is 8.13. The molecule has 1 aromatic rings. The van der Waals surface area contributed by atoms with Gasteiger partial charge < -0.3 is 10.1 Å². The van der Waals surface area contributed by atoms with Gasteiger partial charge in [0.1, 0.15) is 5.75 Å². The van der Waals surface area contributed by atoms with Gasteiger partial charge in [0.15, 0.2) is 0 Å². The van der Waals surface area contributed by atoms with Crippen LogP contribution in [0.15, 0.2) is 36.9 Å². The van der Waals surface area contributed by atoms with Crippen molar-refractivity contribution in [3.63, 3.8) is 0 Å². The van der Waals surface area contributed by atoms with E-state index in [0.29, 0.717) is 12.1 Å². The first-order valence-electron chi connectivity index (χ1n) is 5.79. The lowest BCUT2D eigenvalue weighted by molar-refractivity contribution is 0.0953. The number of ether oxygens (including phenoxy) is 1. The average Bonchev–Trinajstić information content (AvgIpc) is 2.28. The van der Waals surface area contributed by atoms with Gasteiger partial charge in [-0.1, -0.05) is 12.1 Å². The number of benzene rings is 1. The van der Waals surface area contributed by atoms with E-state index in [-0.39, 0.29) is 12.0 Å². The van der Waals surface area contributed by atoms with Crippen LogP contribution in [0.4, 0.5) is 0 Å². The van der Waals surface area contributed by atoms with Crippen molar-refractivity contribution < 1.29 is 9.53 Å². The Morgan fingerprint density at radius 2 is 2.29 bits per heavy atom. The van der Waals surface area contributed by atoms with Crippen molar-refractivity contribution in [1.29, 1.82) is 0 Å². The molecule has 0 fully saturated rings. The van der Waals surface area contributed by atoms with Crippen LogP contribution >= 0.6 is 0 Å². The summed E-state index contributed by atoms with van der Waals surface area (Å²) in [7, 11) is 0. The van der Waals surface area contributed by atoms with Crippen LogP contribution in [-0.2, 0) is 0 Å². The largest absolute Gasteiger partial charge is 0.491 e. The smallest absolute Gasteiger partial charge is 0.251 e. The second-order valence-electron chi connectivity index (χ2n) is 4.03. The van der Waals surface area contributed by atoms with Gasteiger partial charge >= 0.3 is 0 Å². The third-order valence-corrected chi connectivity index (χ3v) is 2.10. The third-order valence-electron chi connectivity index (χ3n) is 2.10. The Bertz CT molecular complexity index is 386. The zero-order valence-corrected chi connectivity index (χ0v) is 10.4. The van der Waals surface area contributed by atoms with Crippen molar-refractivity contribution in [3.05, 3.63) is 42.5 Å². The minimum Gasteiger partial charge on any atom is -0.491 e. The van der Waals surface area contributed by atoms with Crippen molar-refractivity contribution in [2.45, 2.75) is 26.4 Å². The maximum absolute atomic E-state index is 11.8. The lowest BCUT2D eigenvalue weighted by Crippen LogP contribution is -2.24. The molecule has 0 saturated carbocycles. The fraction of sp³-hybridized carbons (Fsp3) is 0.357. The molecule has 0 radical (unpaired) electrons. The number of rotatable bonds is 6. The van der Waals surface area contributed by atoms with Gasteiger partial charge in [-0.2, -0.15) is 0 Å². The molecule has 0 aliphatic carbocycles. The predicted molar refractivity (Wildman–Crippen MR) is 69.4 cm³/mol. The van der Waals surface area contributed by atoms with E-state index in [2.05, 4.69) is 11.9 Å². The maximum Gasteiger partial charge on any atom is 0.251 e. The van der Waals surface area contributed by atoms with Crippen LogP contribution in [0.3, 0.4) is 0 Å². The van der Waals surface area contributed by atoms with Gasteiger partial charge in [0.25, 0.3) is 5.91 Å². The van der Waals surface area contributed by atoms with E-state index in [9.17, 15) is 4.79 Å². The summed E-state index contributed by atoms with van der Waals surface area (Å²) in [5.41, 5.74) is 0.618. The second-order valence-corrected chi connectivity index (χ2v) is 4.03. The summed E-state index contributed by atoms with van der Waals surface area (Å²) in [6.45, 7) is 8.12. The normalized spacial score (nSPS) is 10.1. The molecule has 3 heteroatoms. The van der Waals surface area contributed by atoms with Crippen LogP contribution in [0, 0.1) is 0 Å². The molecular weight excluding hydrogens is 214 g/mol. The van der Waals surface area contributed by atoms with Crippen molar-refractivity contribution in [3.8, 4) is 5.75 Å². The first-order valence-corrected chi connectivity index (χ1v) is 5.79. The highest BCUT2D eigenvalue weighted by molar-refractivity contribution is 5.94. The van der Waals surface area contributed by atoms with Gasteiger partial charge in [-0.05, 0) is 38.5 Å². The number of hydrogen-bond acceptors (Lipinski definition) is 2. The predicted octanol–water partition coefficient (Wildman–Crippen LogP) is 2.78. The molecule has 92 valence electrons. The van der Waals surface area contributed by atoms with Crippen LogP contribution in [0.5, 0.6) is 5.75 Å². The number of carbonyl (C=O) groups is 1. The zero-order valence-electron chi connectivity index (χ0n) is 10.4. The molecule has 0 unspecified atom stereocenters. The van der Waals surface area contributed by atoms with Crippen LogP contribution in [-0.4, -0.2) is 18.6 Å². The van der Waals surface area contributed by atoms with E-state index in [1.165, 1.54) is 0 Å². The standard InChI is InChI=1S/C14H19NO2/c1-4-5-9-15-14(16)12-7-6-8-13(10-12)17-11(2)3/h4,6-8,10-11H,1,5,9H2,2-3H3,(H,15,16). The molecule has 0 heterocycles. The van der Waals surface area contributed by atoms with Crippen LogP contribution in [0.1, 0.15) is 30.6 Å². The Morgan fingerprint density at radius 1 is 1.53 bits per heavy atom. The van der Waals surface area contributed by atoms with Crippen molar-refractivity contribution >= 4 is 5.91 Å². The average molecular weight is 233 g/mol. The Morgan fingerprint density at radius 3 is 2.94 bits per heavy atom. The van der Waals surface area contributed by atoms with Crippen LogP contribution < -0.4 is 10.1 Å².